The second-order valence-corrected chi connectivity index (χ2v) is 7.23. The molecule has 3 heterocycles. The van der Waals surface area contributed by atoms with Gasteiger partial charge in [-0.15, -0.1) is 5.10 Å². The van der Waals surface area contributed by atoms with E-state index in [1.54, 1.807) is 29.0 Å². The lowest BCUT2D eigenvalue weighted by molar-refractivity contribution is 0.102. The number of hydrogen-bond donors (Lipinski definition) is 1. The molecule has 1 N–H and O–H groups in total. The molecule has 0 aliphatic heterocycles. The van der Waals surface area contributed by atoms with Crippen molar-refractivity contribution < 1.29 is 4.79 Å². The van der Waals surface area contributed by atoms with Gasteiger partial charge in [-0.05, 0) is 43.7 Å². The van der Waals surface area contributed by atoms with Crippen LogP contribution in [0.5, 0.6) is 0 Å². The molecule has 4 aromatic rings. The summed E-state index contributed by atoms with van der Waals surface area (Å²) in [5, 5.41) is 8.01. The monoisotopic (exact) mass is 390 g/mol. The first-order valence-electron chi connectivity index (χ1n) is 8.73. The van der Waals surface area contributed by atoms with E-state index >= 15 is 0 Å². The Morgan fingerprint density at radius 2 is 2.00 bits per heavy atom. The lowest BCUT2D eigenvalue weighted by atomic mass is 10.1. The Morgan fingerprint density at radius 1 is 1.14 bits per heavy atom. The highest BCUT2D eigenvalue weighted by Gasteiger charge is 2.14. The van der Waals surface area contributed by atoms with Gasteiger partial charge in [0.15, 0.2) is 0 Å². The van der Waals surface area contributed by atoms with Gasteiger partial charge in [-0.2, -0.15) is 4.98 Å². The van der Waals surface area contributed by atoms with E-state index < -0.39 is 0 Å². The first-order chi connectivity index (χ1) is 13.6. The quantitative estimate of drug-likeness (QED) is 0.523. The molecule has 8 heteroatoms. The fourth-order valence-electron chi connectivity index (χ4n) is 2.85. The lowest BCUT2D eigenvalue weighted by Crippen LogP contribution is -2.14. The van der Waals surface area contributed by atoms with Gasteiger partial charge in [0.25, 0.3) is 11.7 Å². The molecule has 0 aliphatic carbocycles. The molecule has 0 radical (unpaired) electrons. The van der Waals surface area contributed by atoms with Crippen molar-refractivity contribution in [2.75, 3.05) is 5.32 Å². The standard InChI is InChI=1S/C20H18N6OS/c1-13-10-14(2)26-19(22-13)24-20(25-26)28-12-15-6-3-4-8-17(15)18(27)23-16-7-5-9-21-11-16/h3-11H,12H2,1-2H3,(H,23,27). The van der Waals surface area contributed by atoms with Crippen molar-refractivity contribution >= 4 is 29.1 Å². The summed E-state index contributed by atoms with van der Waals surface area (Å²) in [5.41, 5.74) is 4.08. The molecule has 28 heavy (non-hydrogen) atoms. The maximum Gasteiger partial charge on any atom is 0.256 e. The number of hydrogen-bond acceptors (Lipinski definition) is 6. The first kappa shape index (κ1) is 18.1. The van der Waals surface area contributed by atoms with Gasteiger partial charge < -0.3 is 5.32 Å². The van der Waals surface area contributed by atoms with Crippen LogP contribution < -0.4 is 5.32 Å². The molecule has 0 unspecified atom stereocenters. The van der Waals surface area contributed by atoms with E-state index in [2.05, 4.69) is 25.4 Å². The fourth-order valence-corrected chi connectivity index (χ4v) is 3.68. The largest absolute Gasteiger partial charge is 0.321 e. The van der Waals surface area contributed by atoms with E-state index in [9.17, 15) is 4.79 Å². The maximum atomic E-state index is 12.7. The molecule has 7 nitrogen and oxygen atoms in total. The summed E-state index contributed by atoms with van der Waals surface area (Å²) in [6, 6.07) is 13.1. The number of rotatable bonds is 5. The third-order valence-electron chi connectivity index (χ3n) is 4.14. The minimum atomic E-state index is -0.166. The number of carbonyl (C=O) groups excluding carboxylic acids is 1. The average molecular weight is 390 g/mol. The number of carbonyl (C=O) groups is 1. The van der Waals surface area contributed by atoms with Crippen LogP contribution in [0.3, 0.4) is 0 Å². The highest BCUT2D eigenvalue weighted by Crippen LogP contribution is 2.23. The Labute approximate surface area is 166 Å². The summed E-state index contributed by atoms with van der Waals surface area (Å²) in [7, 11) is 0. The topological polar surface area (TPSA) is 85.1 Å². The second kappa shape index (κ2) is 7.77. The lowest BCUT2D eigenvalue weighted by Gasteiger charge is -2.09. The van der Waals surface area contributed by atoms with E-state index in [-0.39, 0.29) is 5.91 Å². The summed E-state index contributed by atoms with van der Waals surface area (Å²) in [6.45, 7) is 3.91. The molecule has 4 rings (SSSR count). The van der Waals surface area contributed by atoms with E-state index in [1.165, 1.54) is 11.8 Å². The number of benzene rings is 1. The number of nitrogens with zero attached hydrogens (tertiary/aromatic N) is 5. The predicted molar refractivity (Wildman–Crippen MR) is 108 cm³/mol. The Balaban J connectivity index is 1.53. The van der Waals surface area contributed by atoms with Crippen molar-refractivity contribution in [1.82, 2.24) is 24.6 Å². The Morgan fingerprint density at radius 3 is 2.82 bits per heavy atom. The van der Waals surface area contributed by atoms with Crippen LogP contribution in [0.15, 0.2) is 60.0 Å². The second-order valence-electron chi connectivity index (χ2n) is 6.29. The minimum absolute atomic E-state index is 0.166. The molecule has 140 valence electrons. The molecular weight excluding hydrogens is 372 g/mol. The summed E-state index contributed by atoms with van der Waals surface area (Å²) in [6.07, 6.45) is 3.29. The number of pyridine rings is 1. The van der Waals surface area contributed by atoms with Crippen LogP contribution >= 0.6 is 11.8 Å². The number of aromatic nitrogens is 5. The normalized spacial score (nSPS) is 10.9. The number of amides is 1. The first-order valence-corrected chi connectivity index (χ1v) is 9.72. The van der Waals surface area contributed by atoms with Crippen molar-refractivity contribution in [3.8, 4) is 0 Å². The summed E-state index contributed by atoms with van der Waals surface area (Å²) < 4.78 is 1.73. The molecule has 1 amide bonds. The Kier molecular flexibility index (Phi) is 5.03. The molecule has 3 aromatic heterocycles. The third kappa shape index (κ3) is 3.86. The SMILES string of the molecule is Cc1cc(C)n2nc(SCc3ccccc3C(=O)Nc3cccnc3)nc2n1. The number of thioether (sulfide) groups is 1. The maximum absolute atomic E-state index is 12.7. The molecule has 0 aliphatic rings. The van der Waals surface area contributed by atoms with Gasteiger partial charge in [0.05, 0.1) is 11.9 Å². The molecule has 0 fully saturated rings. The van der Waals surface area contributed by atoms with Crippen molar-refractivity contribution in [1.29, 1.82) is 0 Å². The molecule has 0 bridgehead atoms. The van der Waals surface area contributed by atoms with Gasteiger partial charge in [-0.25, -0.2) is 9.50 Å². The van der Waals surface area contributed by atoms with Gasteiger partial charge in [0.1, 0.15) is 0 Å². The molecular formula is C20H18N6OS. The van der Waals surface area contributed by atoms with Crippen molar-refractivity contribution in [3.63, 3.8) is 0 Å². The highest BCUT2D eigenvalue weighted by atomic mass is 32.2. The number of aryl methyl sites for hydroxylation is 2. The zero-order valence-electron chi connectivity index (χ0n) is 15.5. The number of fused-ring (bicyclic) bond motifs is 1. The molecule has 0 saturated heterocycles. The van der Waals surface area contributed by atoms with Gasteiger partial charge in [0, 0.05) is 28.9 Å². The van der Waals surface area contributed by atoms with Crippen LogP contribution in [-0.2, 0) is 5.75 Å². The van der Waals surface area contributed by atoms with E-state index in [1.807, 2.05) is 44.2 Å². The van der Waals surface area contributed by atoms with Crippen LogP contribution in [0.2, 0.25) is 0 Å². The van der Waals surface area contributed by atoms with E-state index in [0.717, 1.165) is 17.0 Å². The Hall–Kier alpha value is -3.26. The van der Waals surface area contributed by atoms with Gasteiger partial charge >= 0.3 is 0 Å². The highest BCUT2D eigenvalue weighted by molar-refractivity contribution is 7.98. The van der Waals surface area contributed by atoms with Crippen LogP contribution in [-0.4, -0.2) is 30.5 Å². The van der Waals surface area contributed by atoms with E-state index in [0.29, 0.717) is 27.9 Å². The summed E-state index contributed by atoms with van der Waals surface area (Å²) in [4.78, 5) is 25.6. The van der Waals surface area contributed by atoms with Crippen LogP contribution in [0.1, 0.15) is 27.3 Å². The molecule has 0 saturated carbocycles. The third-order valence-corrected chi connectivity index (χ3v) is 5.02. The van der Waals surface area contributed by atoms with Crippen molar-refractivity contribution in [2.45, 2.75) is 24.8 Å². The van der Waals surface area contributed by atoms with Crippen LogP contribution in [0.25, 0.3) is 5.78 Å². The molecule has 0 atom stereocenters. The minimum Gasteiger partial charge on any atom is -0.321 e. The molecule has 1 aromatic carbocycles. The van der Waals surface area contributed by atoms with Gasteiger partial charge in [0.2, 0.25) is 5.16 Å². The summed E-state index contributed by atoms with van der Waals surface area (Å²) in [5.74, 6) is 0.994. The smallest absolute Gasteiger partial charge is 0.256 e. The van der Waals surface area contributed by atoms with Crippen LogP contribution in [0, 0.1) is 13.8 Å². The average Bonchev–Trinajstić information content (AvgIpc) is 3.10. The number of nitrogens with one attached hydrogen (secondary N) is 1. The van der Waals surface area contributed by atoms with Crippen molar-refractivity contribution in [3.05, 3.63) is 77.4 Å². The summed E-state index contributed by atoms with van der Waals surface area (Å²) >= 11 is 1.48. The van der Waals surface area contributed by atoms with E-state index in [4.69, 9.17) is 0 Å². The zero-order chi connectivity index (χ0) is 19.5. The van der Waals surface area contributed by atoms with Crippen molar-refractivity contribution in [2.24, 2.45) is 0 Å². The van der Waals surface area contributed by atoms with Crippen LogP contribution in [0.4, 0.5) is 5.69 Å². The zero-order valence-corrected chi connectivity index (χ0v) is 16.3. The fraction of sp³-hybridized carbons (Fsp3) is 0.150. The number of anilines is 1. The molecule has 0 spiro atoms. The predicted octanol–water partition coefficient (Wildman–Crippen LogP) is 3.68. The van der Waals surface area contributed by atoms with Gasteiger partial charge in [-0.1, -0.05) is 30.0 Å². The van der Waals surface area contributed by atoms with Gasteiger partial charge in [-0.3, -0.25) is 9.78 Å². The Bertz CT molecular complexity index is 1140.